The van der Waals surface area contributed by atoms with Crippen LogP contribution in [0.15, 0.2) is 67.3 Å². The van der Waals surface area contributed by atoms with Crippen molar-refractivity contribution in [3.8, 4) is 17.1 Å². The van der Waals surface area contributed by atoms with E-state index < -0.39 is 6.10 Å². The fourth-order valence-electron chi connectivity index (χ4n) is 3.83. The predicted octanol–water partition coefficient (Wildman–Crippen LogP) is 2.28. The standard InChI is InChI=1S/C22H24N4O3/c27-20-12-16(14-26-10-9-24-22(26)17-5-2-1-3-6-17)11-19(20)25-21(28)15-29-18-7-4-8-23-13-18/h1-10,13,16,19-20,27H,11-12,14-15H2,(H,25,28)/t16?,19-,20-/m1/s1. The van der Waals surface area contributed by atoms with Crippen LogP contribution in [0.25, 0.3) is 11.4 Å². The Labute approximate surface area is 169 Å². The van der Waals surface area contributed by atoms with Crippen LogP contribution in [0, 0.1) is 5.92 Å². The van der Waals surface area contributed by atoms with Crippen LogP contribution in [0.5, 0.6) is 5.75 Å². The summed E-state index contributed by atoms with van der Waals surface area (Å²) in [6.07, 6.45) is 7.75. The van der Waals surface area contributed by atoms with Crippen molar-refractivity contribution in [2.45, 2.75) is 31.5 Å². The van der Waals surface area contributed by atoms with E-state index in [1.165, 1.54) is 0 Å². The molecule has 1 aliphatic carbocycles. The van der Waals surface area contributed by atoms with Gasteiger partial charge in [0.05, 0.1) is 18.3 Å². The Bertz CT molecular complexity index is 930. The molecular formula is C22H24N4O3. The number of aromatic nitrogens is 3. The summed E-state index contributed by atoms with van der Waals surface area (Å²) in [4.78, 5) is 20.6. The second kappa shape index (κ2) is 8.87. The Morgan fingerprint density at radius 2 is 2.03 bits per heavy atom. The number of nitrogens with one attached hydrogen (secondary N) is 1. The van der Waals surface area contributed by atoms with Crippen LogP contribution in [-0.2, 0) is 11.3 Å². The van der Waals surface area contributed by atoms with E-state index in [1.807, 2.05) is 36.5 Å². The number of nitrogens with zero attached hydrogens (tertiary/aromatic N) is 3. The molecule has 0 radical (unpaired) electrons. The Hall–Kier alpha value is -3.19. The first-order valence-corrected chi connectivity index (χ1v) is 9.76. The van der Waals surface area contributed by atoms with Crippen molar-refractivity contribution in [3.63, 3.8) is 0 Å². The van der Waals surface area contributed by atoms with E-state index in [2.05, 4.69) is 19.9 Å². The van der Waals surface area contributed by atoms with Gasteiger partial charge in [-0.15, -0.1) is 0 Å². The molecule has 2 aromatic heterocycles. The van der Waals surface area contributed by atoms with Gasteiger partial charge in [0.2, 0.25) is 0 Å². The minimum atomic E-state index is -0.564. The van der Waals surface area contributed by atoms with Crippen LogP contribution < -0.4 is 10.1 Å². The van der Waals surface area contributed by atoms with Crippen LogP contribution in [-0.4, -0.2) is 44.3 Å². The minimum Gasteiger partial charge on any atom is -0.482 e. The van der Waals surface area contributed by atoms with Gasteiger partial charge in [-0.2, -0.15) is 0 Å². The van der Waals surface area contributed by atoms with Crippen molar-refractivity contribution in [1.82, 2.24) is 19.9 Å². The molecule has 4 rings (SSSR count). The van der Waals surface area contributed by atoms with Crippen molar-refractivity contribution in [3.05, 3.63) is 67.3 Å². The molecule has 1 saturated carbocycles. The molecule has 2 heterocycles. The zero-order valence-electron chi connectivity index (χ0n) is 16.0. The van der Waals surface area contributed by atoms with Crippen LogP contribution in [0.2, 0.25) is 0 Å². The smallest absolute Gasteiger partial charge is 0.258 e. The Morgan fingerprint density at radius 3 is 2.83 bits per heavy atom. The monoisotopic (exact) mass is 392 g/mol. The number of aliphatic hydroxyl groups excluding tert-OH is 1. The van der Waals surface area contributed by atoms with Crippen LogP contribution >= 0.6 is 0 Å². The number of aliphatic hydroxyl groups is 1. The molecule has 0 aliphatic heterocycles. The van der Waals surface area contributed by atoms with Gasteiger partial charge in [-0.3, -0.25) is 9.78 Å². The molecule has 1 unspecified atom stereocenters. The zero-order chi connectivity index (χ0) is 20.1. The molecule has 3 aromatic rings. The average Bonchev–Trinajstić information content (AvgIpc) is 3.34. The van der Waals surface area contributed by atoms with Crippen molar-refractivity contribution in [1.29, 1.82) is 0 Å². The molecule has 1 fully saturated rings. The van der Waals surface area contributed by atoms with Gasteiger partial charge in [0.15, 0.2) is 6.61 Å². The number of hydrogen-bond acceptors (Lipinski definition) is 5. The maximum atomic E-state index is 12.2. The molecule has 3 atom stereocenters. The molecule has 2 N–H and O–H groups in total. The van der Waals surface area contributed by atoms with E-state index in [4.69, 9.17) is 4.74 Å². The number of amides is 1. The van der Waals surface area contributed by atoms with E-state index in [-0.39, 0.29) is 24.5 Å². The predicted molar refractivity (Wildman–Crippen MR) is 108 cm³/mol. The van der Waals surface area contributed by atoms with Gasteiger partial charge < -0.3 is 19.7 Å². The second-order valence-electron chi connectivity index (χ2n) is 7.33. The second-order valence-corrected chi connectivity index (χ2v) is 7.33. The van der Waals surface area contributed by atoms with Gasteiger partial charge in [0.1, 0.15) is 11.6 Å². The van der Waals surface area contributed by atoms with Crippen LogP contribution in [0.4, 0.5) is 0 Å². The van der Waals surface area contributed by atoms with Gasteiger partial charge in [-0.05, 0) is 30.9 Å². The molecule has 7 nitrogen and oxygen atoms in total. The molecule has 0 spiro atoms. The van der Waals surface area contributed by atoms with Crippen molar-refractivity contribution < 1.29 is 14.6 Å². The Balaban J connectivity index is 1.31. The highest BCUT2D eigenvalue weighted by Crippen LogP contribution is 2.29. The first-order chi connectivity index (χ1) is 14.2. The summed E-state index contributed by atoms with van der Waals surface area (Å²) in [5, 5.41) is 13.3. The zero-order valence-corrected chi connectivity index (χ0v) is 16.0. The third kappa shape index (κ3) is 4.81. The van der Waals surface area contributed by atoms with E-state index in [9.17, 15) is 9.90 Å². The Morgan fingerprint density at radius 1 is 1.17 bits per heavy atom. The van der Waals surface area contributed by atoms with Gasteiger partial charge in [-0.25, -0.2) is 4.98 Å². The molecule has 1 amide bonds. The van der Waals surface area contributed by atoms with Gasteiger partial charge in [0, 0.05) is 30.7 Å². The van der Waals surface area contributed by atoms with E-state index >= 15 is 0 Å². The molecule has 1 aliphatic rings. The largest absolute Gasteiger partial charge is 0.482 e. The minimum absolute atomic E-state index is 0.0980. The number of benzene rings is 1. The van der Waals surface area contributed by atoms with Crippen LogP contribution in [0.1, 0.15) is 12.8 Å². The lowest BCUT2D eigenvalue weighted by Crippen LogP contribution is -2.42. The van der Waals surface area contributed by atoms with Gasteiger partial charge in [-0.1, -0.05) is 30.3 Å². The average molecular weight is 392 g/mol. The third-order valence-corrected chi connectivity index (χ3v) is 5.18. The summed E-state index contributed by atoms with van der Waals surface area (Å²) in [6.45, 7) is 0.652. The highest BCUT2D eigenvalue weighted by Gasteiger charge is 2.34. The highest BCUT2D eigenvalue weighted by molar-refractivity contribution is 5.78. The molecule has 0 bridgehead atoms. The highest BCUT2D eigenvalue weighted by atomic mass is 16.5. The number of hydrogen-bond donors (Lipinski definition) is 2. The normalized spacial score (nSPS) is 21.1. The maximum absolute atomic E-state index is 12.2. The van der Waals surface area contributed by atoms with Crippen molar-refractivity contribution in [2.24, 2.45) is 5.92 Å². The number of rotatable bonds is 7. The Kier molecular flexibility index (Phi) is 5.86. The fraction of sp³-hybridized carbons (Fsp3) is 0.318. The molecule has 1 aromatic carbocycles. The van der Waals surface area contributed by atoms with Crippen molar-refractivity contribution in [2.75, 3.05) is 6.61 Å². The number of carbonyl (C=O) groups is 1. The maximum Gasteiger partial charge on any atom is 0.258 e. The molecule has 29 heavy (non-hydrogen) atoms. The summed E-state index contributed by atoms with van der Waals surface area (Å²) < 4.78 is 7.54. The molecular weight excluding hydrogens is 368 g/mol. The summed E-state index contributed by atoms with van der Waals surface area (Å²) in [5.41, 5.74) is 1.06. The number of ether oxygens (including phenoxy) is 1. The van der Waals surface area contributed by atoms with E-state index in [0.717, 1.165) is 17.9 Å². The summed E-state index contributed by atoms with van der Waals surface area (Å²) in [6, 6.07) is 13.3. The molecule has 0 saturated heterocycles. The van der Waals surface area contributed by atoms with E-state index in [1.54, 1.807) is 30.7 Å². The summed E-state index contributed by atoms with van der Waals surface area (Å²) in [5.74, 6) is 1.47. The van der Waals surface area contributed by atoms with Gasteiger partial charge >= 0.3 is 0 Å². The number of pyridine rings is 1. The number of imidazole rings is 1. The summed E-state index contributed by atoms with van der Waals surface area (Å²) >= 11 is 0. The lowest BCUT2D eigenvalue weighted by atomic mass is 10.1. The fourth-order valence-corrected chi connectivity index (χ4v) is 3.83. The van der Waals surface area contributed by atoms with E-state index in [0.29, 0.717) is 18.6 Å². The lowest BCUT2D eigenvalue weighted by Gasteiger charge is -2.17. The topological polar surface area (TPSA) is 89.3 Å². The summed E-state index contributed by atoms with van der Waals surface area (Å²) in [7, 11) is 0. The van der Waals surface area contributed by atoms with Gasteiger partial charge in [0.25, 0.3) is 5.91 Å². The lowest BCUT2D eigenvalue weighted by molar-refractivity contribution is -0.124. The molecule has 150 valence electrons. The quantitative estimate of drug-likeness (QED) is 0.644. The van der Waals surface area contributed by atoms with Crippen LogP contribution in [0.3, 0.4) is 0 Å². The molecule has 7 heteroatoms. The first kappa shape index (κ1) is 19.1. The SMILES string of the molecule is O=C(COc1cccnc1)N[C@@H]1CC(Cn2ccnc2-c2ccccc2)C[C@H]1O. The third-order valence-electron chi connectivity index (χ3n) is 5.18. The first-order valence-electron chi connectivity index (χ1n) is 9.76. The number of carbonyl (C=O) groups excluding carboxylic acids is 1. The van der Waals surface area contributed by atoms with Crippen molar-refractivity contribution >= 4 is 5.91 Å².